The zero-order chi connectivity index (χ0) is 13.2. The van der Waals surface area contributed by atoms with Crippen molar-refractivity contribution in [3.63, 3.8) is 0 Å². The second-order valence-corrected chi connectivity index (χ2v) is 6.39. The quantitative estimate of drug-likeness (QED) is 0.777. The molecule has 1 aromatic carbocycles. The molecule has 0 atom stereocenters. The van der Waals surface area contributed by atoms with Crippen molar-refractivity contribution in [2.75, 3.05) is 18.0 Å². The van der Waals surface area contributed by atoms with E-state index in [9.17, 15) is 4.79 Å². The Kier molecular flexibility index (Phi) is 4.10. The third kappa shape index (κ3) is 2.77. The molecule has 1 aromatic rings. The Hall–Kier alpha value is -0.830. The van der Waals surface area contributed by atoms with Gasteiger partial charge in [-0.15, -0.1) is 0 Å². The molecular weight excluding hydrogens is 290 g/mol. The van der Waals surface area contributed by atoms with Crippen LogP contribution >= 0.6 is 15.9 Å². The van der Waals surface area contributed by atoms with Crippen molar-refractivity contribution in [2.45, 2.75) is 33.1 Å². The molecule has 98 valence electrons. The molecule has 18 heavy (non-hydrogen) atoms. The van der Waals surface area contributed by atoms with E-state index in [0.29, 0.717) is 5.41 Å². The van der Waals surface area contributed by atoms with E-state index < -0.39 is 0 Å². The summed E-state index contributed by atoms with van der Waals surface area (Å²) in [5, 5.41) is 0. The molecule has 0 spiro atoms. The van der Waals surface area contributed by atoms with Crippen molar-refractivity contribution in [1.29, 1.82) is 0 Å². The van der Waals surface area contributed by atoms with Crippen LogP contribution in [-0.4, -0.2) is 19.4 Å². The van der Waals surface area contributed by atoms with E-state index in [1.165, 1.54) is 19.3 Å². The van der Waals surface area contributed by atoms with Gasteiger partial charge >= 0.3 is 0 Å². The highest BCUT2D eigenvalue weighted by Gasteiger charge is 2.28. The van der Waals surface area contributed by atoms with E-state index in [2.05, 4.69) is 34.7 Å². The number of anilines is 1. The molecule has 2 rings (SSSR count). The van der Waals surface area contributed by atoms with Crippen molar-refractivity contribution >= 4 is 27.9 Å². The number of nitrogens with zero attached hydrogens (tertiary/aromatic N) is 1. The molecule has 2 nitrogen and oxygen atoms in total. The van der Waals surface area contributed by atoms with Crippen molar-refractivity contribution in [3.05, 3.63) is 28.2 Å². The molecule has 0 saturated carbocycles. The standard InChI is InChI=1S/C15H20BrNO/c1-3-15(2)6-8-17(9-7-15)14-5-4-13(16)10-12(14)11-18/h4-5,10-11H,3,6-9H2,1-2H3. The summed E-state index contributed by atoms with van der Waals surface area (Å²) in [6, 6.07) is 5.95. The maximum absolute atomic E-state index is 11.2. The summed E-state index contributed by atoms with van der Waals surface area (Å²) in [4.78, 5) is 13.5. The Labute approximate surface area is 117 Å². The van der Waals surface area contributed by atoms with Gasteiger partial charge in [-0.3, -0.25) is 4.79 Å². The van der Waals surface area contributed by atoms with E-state index in [0.717, 1.165) is 35.1 Å². The summed E-state index contributed by atoms with van der Waals surface area (Å²) in [5.74, 6) is 0. The van der Waals surface area contributed by atoms with Gasteiger partial charge in [-0.1, -0.05) is 36.2 Å². The molecule has 0 N–H and O–H groups in total. The largest absolute Gasteiger partial charge is 0.371 e. The van der Waals surface area contributed by atoms with Crippen LogP contribution in [0.5, 0.6) is 0 Å². The third-order valence-corrected chi connectivity index (χ3v) is 4.77. The summed E-state index contributed by atoms with van der Waals surface area (Å²) in [6.07, 6.45) is 4.60. The van der Waals surface area contributed by atoms with Gasteiger partial charge < -0.3 is 4.90 Å². The highest BCUT2D eigenvalue weighted by atomic mass is 79.9. The van der Waals surface area contributed by atoms with Crippen LogP contribution in [-0.2, 0) is 0 Å². The topological polar surface area (TPSA) is 20.3 Å². The van der Waals surface area contributed by atoms with Gasteiger partial charge in [0.15, 0.2) is 6.29 Å². The van der Waals surface area contributed by atoms with Crippen LogP contribution in [0.4, 0.5) is 5.69 Å². The Morgan fingerprint density at radius 1 is 1.39 bits per heavy atom. The highest BCUT2D eigenvalue weighted by molar-refractivity contribution is 9.10. The molecule has 0 amide bonds. The number of benzene rings is 1. The number of carbonyl (C=O) groups excluding carboxylic acids is 1. The van der Waals surface area contributed by atoms with Gasteiger partial charge in [0.25, 0.3) is 0 Å². The van der Waals surface area contributed by atoms with E-state index in [1.54, 1.807) is 0 Å². The van der Waals surface area contributed by atoms with Crippen molar-refractivity contribution < 1.29 is 4.79 Å². The van der Waals surface area contributed by atoms with Gasteiger partial charge in [-0.25, -0.2) is 0 Å². The van der Waals surface area contributed by atoms with Crippen LogP contribution < -0.4 is 4.90 Å². The lowest BCUT2D eigenvalue weighted by Gasteiger charge is -2.40. The molecule has 0 aromatic heterocycles. The van der Waals surface area contributed by atoms with Gasteiger partial charge in [0.2, 0.25) is 0 Å². The fraction of sp³-hybridized carbons (Fsp3) is 0.533. The minimum Gasteiger partial charge on any atom is -0.371 e. The summed E-state index contributed by atoms with van der Waals surface area (Å²) < 4.78 is 0.962. The first-order valence-corrected chi connectivity index (χ1v) is 7.37. The lowest BCUT2D eigenvalue weighted by atomic mass is 9.78. The maximum atomic E-state index is 11.2. The first kappa shape index (κ1) is 13.6. The Balaban J connectivity index is 2.17. The number of carbonyl (C=O) groups is 1. The van der Waals surface area contributed by atoms with Gasteiger partial charge in [-0.2, -0.15) is 0 Å². The van der Waals surface area contributed by atoms with E-state index in [1.807, 2.05) is 18.2 Å². The fourth-order valence-electron chi connectivity index (χ4n) is 2.55. The lowest BCUT2D eigenvalue weighted by molar-refractivity contribution is 0.112. The van der Waals surface area contributed by atoms with Crippen LogP contribution in [0.2, 0.25) is 0 Å². The summed E-state index contributed by atoms with van der Waals surface area (Å²) in [5.41, 5.74) is 2.34. The Morgan fingerprint density at radius 3 is 2.61 bits per heavy atom. The van der Waals surface area contributed by atoms with E-state index in [4.69, 9.17) is 0 Å². The van der Waals surface area contributed by atoms with Crippen LogP contribution in [0.3, 0.4) is 0 Å². The number of rotatable bonds is 3. The number of hydrogen-bond donors (Lipinski definition) is 0. The molecule has 0 unspecified atom stereocenters. The second-order valence-electron chi connectivity index (χ2n) is 5.47. The third-order valence-electron chi connectivity index (χ3n) is 4.28. The molecular formula is C15H20BrNO. The van der Waals surface area contributed by atoms with Crippen molar-refractivity contribution in [3.8, 4) is 0 Å². The second kappa shape index (κ2) is 5.43. The molecule has 1 aliphatic heterocycles. The molecule has 3 heteroatoms. The zero-order valence-corrected chi connectivity index (χ0v) is 12.7. The van der Waals surface area contributed by atoms with Crippen LogP contribution in [0.1, 0.15) is 43.5 Å². The number of aldehydes is 1. The monoisotopic (exact) mass is 309 g/mol. The van der Waals surface area contributed by atoms with E-state index in [-0.39, 0.29) is 0 Å². The molecule has 0 bridgehead atoms. The van der Waals surface area contributed by atoms with E-state index >= 15 is 0 Å². The summed E-state index contributed by atoms with van der Waals surface area (Å²) in [6.45, 7) is 6.73. The minimum absolute atomic E-state index is 0.479. The molecule has 1 saturated heterocycles. The Bertz CT molecular complexity index is 436. The first-order valence-electron chi connectivity index (χ1n) is 6.58. The van der Waals surface area contributed by atoms with Crippen molar-refractivity contribution in [2.24, 2.45) is 5.41 Å². The van der Waals surface area contributed by atoms with Gasteiger partial charge in [0.1, 0.15) is 0 Å². The van der Waals surface area contributed by atoms with Crippen LogP contribution in [0, 0.1) is 5.41 Å². The first-order chi connectivity index (χ1) is 8.58. The summed E-state index contributed by atoms with van der Waals surface area (Å²) in [7, 11) is 0. The zero-order valence-electron chi connectivity index (χ0n) is 11.1. The predicted molar refractivity (Wildman–Crippen MR) is 79.4 cm³/mol. The Morgan fingerprint density at radius 2 is 2.06 bits per heavy atom. The lowest BCUT2D eigenvalue weighted by Crippen LogP contribution is -2.38. The average Bonchev–Trinajstić information content (AvgIpc) is 2.40. The molecule has 0 aliphatic carbocycles. The molecule has 1 fully saturated rings. The van der Waals surface area contributed by atoms with Crippen molar-refractivity contribution in [1.82, 2.24) is 0 Å². The fourth-order valence-corrected chi connectivity index (χ4v) is 2.93. The van der Waals surface area contributed by atoms with Gasteiger partial charge in [0.05, 0.1) is 0 Å². The molecule has 1 heterocycles. The number of piperidine rings is 1. The summed E-state index contributed by atoms with van der Waals surface area (Å²) >= 11 is 3.41. The van der Waals surface area contributed by atoms with Gasteiger partial charge in [0, 0.05) is 28.8 Å². The average molecular weight is 310 g/mol. The minimum atomic E-state index is 0.479. The SMILES string of the molecule is CCC1(C)CCN(c2ccc(Br)cc2C=O)CC1. The molecule has 0 radical (unpaired) electrons. The highest BCUT2D eigenvalue weighted by Crippen LogP contribution is 2.36. The molecule has 1 aliphatic rings. The van der Waals surface area contributed by atoms with Crippen LogP contribution in [0.15, 0.2) is 22.7 Å². The maximum Gasteiger partial charge on any atom is 0.152 e. The van der Waals surface area contributed by atoms with Crippen LogP contribution in [0.25, 0.3) is 0 Å². The predicted octanol–water partition coefficient (Wildman–Crippen LogP) is 4.28. The number of hydrogen-bond acceptors (Lipinski definition) is 2. The normalized spacial score (nSPS) is 18.7. The smallest absolute Gasteiger partial charge is 0.152 e. The van der Waals surface area contributed by atoms with Gasteiger partial charge in [-0.05, 0) is 36.5 Å². The number of halogens is 1.